The first-order valence-electron chi connectivity index (χ1n) is 9.17. The molecule has 2 heterocycles. The average molecular weight is 330 g/mol. The monoisotopic (exact) mass is 330 g/mol. The molecule has 0 aliphatic carbocycles. The van der Waals surface area contributed by atoms with Crippen molar-refractivity contribution in [2.24, 2.45) is 5.92 Å². The summed E-state index contributed by atoms with van der Waals surface area (Å²) in [6.45, 7) is 10.9. The minimum atomic E-state index is -0.0792. The summed E-state index contributed by atoms with van der Waals surface area (Å²) in [7, 11) is 0. The van der Waals surface area contributed by atoms with Gasteiger partial charge in [-0.05, 0) is 43.9 Å². The fourth-order valence-corrected chi connectivity index (χ4v) is 3.70. The Morgan fingerprint density at radius 2 is 2.04 bits per heavy atom. The molecule has 1 aromatic rings. The van der Waals surface area contributed by atoms with Crippen LogP contribution >= 0.6 is 0 Å². The molecule has 1 saturated heterocycles. The van der Waals surface area contributed by atoms with Gasteiger partial charge in [0.15, 0.2) is 0 Å². The number of rotatable bonds is 4. The van der Waals surface area contributed by atoms with Crippen molar-refractivity contribution in [1.29, 1.82) is 0 Å². The van der Waals surface area contributed by atoms with Crippen LogP contribution in [0.2, 0.25) is 0 Å². The summed E-state index contributed by atoms with van der Waals surface area (Å²) in [5.41, 5.74) is 2.55. The van der Waals surface area contributed by atoms with Crippen LogP contribution in [0.3, 0.4) is 0 Å². The highest BCUT2D eigenvalue weighted by molar-refractivity contribution is 5.78. The summed E-state index contributed by atoms with van der Waals surface area (Å²) < 4.78 is 5.94. The normalized spacial score (nSPS) is 20.1. The van der Waals surface area contributed by atoms with E-state index < -0.39 is 0 Å². The summed E-state index contributed by atoms with van der Waals surface area (Å²) in [5, 5.41) is 3.66. The lowest BCUT2D eigenvalue weighted by atomic mass is 9.99. The molecule has 1 N–H and O–H groups in total. The van der Waals surface area contributed by atoms with Crippen molar-refractivity contribution < 1.29 is 9.53 Å². The molecule has 1 amide bonds. The van der Waals surface area contributed by atoms with E-state index in [0.717, 1.165) is 44.6 Å². The van der Waals surface area contributed by atoms with Crippen molar-refractivity contribution in [2.75, 3.05) is 13.1 Å². The van der Waals surface area contributed by atoms with Crippen LogP contribution in [0.4, 0.5) is 0 Å². The van der Waals surface area contributed by atoms with E-state index in [2.05, 4.69) is 37.4 Å². The van der Waals surface area contributed by atoms with Crippen LogP contribution in [0.5, 0.6) is 5.75 Å². The standard InChI is InChI=1S/C20H30N2O2/c1-14(2)19(23)22-9-7-17(8-10-22)21-13-15-5-6-18-16(11-15)12-20(3,4)24-18/h5-6,11,14,17,21H,7-10,12-13H2,1-4H3. The lowest BCUT2D eigenvalue weighted by molar-refractivity contribution is -0.135. The Kier molecular flexibility index (Phi) is 4.86. The van der Waals surface area contributed by atoms with Crippen LogP contribution in [-0.4, -0.2) is 35.5 Å². The van der Waals surface area contributed by atoms with Crippen LogP contribution < -0.4 is 10.1 Å². The van der Waals surface area contributed by atoms with Crippen LogP contribution in [0.1, 0.15) is 51.7 Å². The summed E-state index contributed by atoms with van der Waals surface area (Å²) in [6, 6.07) is 7.03. The average Bonchev–Trinajstić information content (AvgIpc) is 2.85. The van der Waals surface area contributed by atoms with Gasteiger partial charge in [-0.3, -0.25) is 4.79 Å². The summed E-state index contributed by atoms with van der Waals surface area (Å²) in [5.74, 6) is 1.42. The number of hydrogen-bond acceptors (Lipinski definition) is 3. The van der Waals surface area contributed by atoms with Crippen molar-refractivity contribution in [2.45, 2.75) is 65.1 Å². The largest absolute Gasteiger partial charge is 0.487 e. The number of carbonyl (C=O) groups excluding carboxylic acids is 1. The lowest BCUT2D eigenvalue weighted by Gasteiger charge is -2.33. The Morgan fingerprint density at radius 1 is 1.33 bits per heavy atom. The van der Waals surface area contributed by atoms with E-state index in [9.17, 15) is 4.79 Å². The third-order valence-corrected chi connectivity index (χ3v) is 5.02. The molecular formula is C20H30N2O2. The zero-order chi connectivity index (χ0) is 17.3. The Balaban J connectivity index is 1.49. The first-order valence-corrected chi connectivity index (χ1v) is 9.17. The van der Waals surface area contributed by atoms with Gasteiger partial charge in [0.05, 0.1) is 0 Å². The van der Waals surface area contributed by atoms with Crippen molar-refractivity contribution in [1.82, 2.24) is 10.2 Å². The molecule has 132 valence electrons. The number of nitrogens with zero attached hydrogens (tertiary/aromatic N) is 1. The minimum absolute atomic E-state index is 0.0792. The highest BCUT2D eigenvalue weighted by Crippen LogP contribution is 2.35. The third kappa shape index (κ3) is 3.92. The van der Waals surface area contributed by atoms with E-state index in [4.69, 9.17) is 4.74 Å². The Labute approximate surface area is 145 Å². The Morgan fingerprint density at radius 3 is 2.71 bits per heavy atom. The Hall–Kier alpha value is -1.55. The van der Waals surface area contributed by atoms with Gasteiger partial charge < -0.3 is 15.0 Å². The molecular weight excluding hydrogens is 300 g/mol. The van der Waals surface area contributed by atoms with Crippen LogP contribution in [0.15, 0.2) is 18.2 Å². The molecule has 24 heavy (non-hydrogen) atoms. The fraction of sp³-hybridized carbons (Fsp3) is 0.650. The van der Waals surface area contributed by atoms with Crippen LogP contribution in [0.25, 0.3) is 0 Å². The molecule has 2 aliphatic rings. The van der Waals surface area contributed by atoms with Crippen molar-refractivity contribution in [3.05, 3.63) is 29.3 Å². The highest BCUT2D eigenvalue weighted by Gasteiger charge is 2.30. The molecule has 2 aliphatic heterocycles. The molecule has 0 bridgehead atoms. The molecule has 0 radical (unpaired) electrons. The maximum atomic E-state index is 12.0. The Bertz CT molecular complexity index is 602. The number of likely N-dealkylation sites (tertiary alicyclic amines) is 1. The molecule has 0 unspecified atom stereocenters. The van der Waals surface area contributed by atoms with Gasteiger partial charge in [-0.2, -0.15) is 0 Å². The van der Waals surface area contributed by atoms with Gasteiger partial charge in [-0.15, -0.1) is 0 Å². The summed E-state index contributed by atoms with van der Waals surface area (Å²) in [6.07, 6.45) is 3.06. The van der Waals surface area contributed by atoms with E-state index in [-0.39, 0.29) is 17.4 Å². The molecule has 1 fully saturated rings. The maximum Gasteiger partial charge on any atom is 0.225 e. The van der Waals surface area contributed by atoms with Gasteiger partial charge in [0.2, 0.25) is 5.91 Å². The van der Waals surface area contributed by atoms with Crippen molar-refractivity contribution >= 4 is 5.91 Å². The number of nitrogens with one attached hydrogen (secondary N) is 1. The first-order chi connectivity index (χ1) is 11.3. The van der Waals surface area contributed by atoms with Gasteiger partial charge in [0.25, 0.3) is 0 Å². The summed E-state index contributed by atoms with van der Waals surface area (Å²) in [4.78, 5) is 14.1. The number of benzene rings is 1. The quantitative estimate of drug-likeness (QED) is 0.922. The topological polar surface area (TPSA) is 41.6 Å². The lowest BCUT2D eigenvalue weighted by Crippen LogP contribution is -2.45. The third-order valence-electron chi connectivity index (χ3n) is 5.02. The number of carbonyl (C=O) groups is 1. The van der Waals surface area contributed by atoms with E-state index in [0.29, 0.717) is 6.04 Å². The van der Waals surface area contributed by atoms with Gasteiger partial charge in [-0.25, -0.2) is 0 Å². The SMILES string of the molecule is CC(C)C(=O)N1CCC(NCc2ccc3c(c2)CC(C)(C)O3)CC1. The van der Waals surface area contributed by atoms with Crippen LogP contribution in [0, 0.1) is 5.92 Å². The maximum absolute atomic E-state index is 12.0. The molecule has 1 aromatic carbocycles. The second-order valence-electron chi connectivity index (χ2n) is 8.12. The minimum Gasteiger partial charge on any atom is -0.487 e. The molecule has 0 aromatic heterocycles. The molecule has 3 rings (SSSR count). The fourth-order valence-electron chi connectivity index (χ4n) is 3.70. The first kappa shape index (κ1) is 17.3. The number of fused-ring (bicyclic) bond motifs is 1. The van der Waals surface area contributed by atoms with E-state index in [1.807, 2.05) is 18.7 Å². The molecule has 4 heteroatoms. The zero-order valence-electron chi connectivity index (χ0n) is 15.4. The van der Waals surface area contributed by atoms with E-state index >= 15 is 0 Å². The molecule has 4 nitrogen and oxygen atoms in total. The highest BCUT2D eigenvalue weighted by atomic mass is 16.5. The predicted octanol–water partition coefficient (Wildman–Crippen LogP) is 3.14. The van der Waals surface area contributed by atoms with Crippen molar-refractivity contribution in [3.63, 3.8) is 0 Å². The molecule has 0 saturated carbocycles. The molecule has 0 atom stereocenters. The second-order valence-corrected chi connectivity index (χ2v) is 8.12. The van der Waals surface area contributed by atoms with Gasteiger partial charge >= 0.3 is 0 Å². The number of amides is 1. The number of hydrogen-bond donors (Lipinski definition) is 1. The molecule has 0 spiro atoms. The zero-order valence-corrected chi connectivity index (χ0v) is 15.4. The van der Waals surface area contributed by atoms with Gasteiger partial charge in [0, 0.05) is 38.0 Å². The van der Waals surface area contributed by atoms with Crippen molar-refractivity contribution in [3.8, 4) is 5.75 Å². The smallest absolute Gasteiger partial charge is 0.225 e. The number of piperidine rings is 1. The summed E-state index contributed by atoms with van der Waals surface area (Å²) >= 11 is 0. The van der Waals surface area contributed by atoms with E-state index in [1.165, 1.54) is 11.1 Å². The second kappa shape index (κ2) is 6.75. The number of ether oxygens (including phenoxy) is 1. The van der Waals surface area contributed by atoms with Gasteiger partial charge in [0.1, 0.15) is 11.4 Å². The predicted molar refractivity (Wildman–Crippen MR) is 96.1 cm³/mol. The van der Waals surface area contributed by atoms with Crippen LogP contribution in [-0.2, 0) is 17.8 Å². The van der Waals surface area contributed by atoms with Gasteiger partial charge in [-0.1, -0.05) is 26.0 Å². The van der Waals surface area contributed by atoms with E-state index in [1.54, 1.807) is 0 Å².